The van der Waals surface area contributed by atoms with Crippen LogP contribution in [-0.2, 0) is 19.1 Å². The molecule has 2 atom stereocenters. The topological polar surface area (TPSA) is 93.1 Å². The van der Waals surface area contributed by atoms with E-state index < -0.39 is 18.2 Å². The number of carbonyl (C=O) groups is 2. The highest BCUT2D eigenvalue weighted by molar-refractivity contribution is 5.69. The van der Waals surface area contributed by atoms with Gasteiger partial charge < -0.3 is 19.7 Å². The van der Waals surface area contributed by atoms with Crippen molar-refractivity contribution >= 4 is 11.9 Å². The highest BCUT2D eigenvalue weighted by atomic mass is 16.6. The van der Waals surface area contributed by atoms with Gasteiger partial charge in [-0.25, -0.2) is 0 Å². The maximum absolute atomic E-state index is 12.0. The van der Waals surface area contributed by atoms with E-state index in [1.54, 1.807) is 6.08 Å². The SMILES string of the molecule is CCCCCCCC/C=C/C/C=C/C=C/C(O)CCCC(=O)OC[C@@H](O)COC(=O)CCCCCCCCCCCCCCCCCCC. The number of ether oxygens (including phenoxy) is 2. The van der Waals surface area contributed by atoms with E-state index in [2.05, 4.69) is 32.1 Å². The molecule has 0 radical (unpaired) electrons. The average molecular weight is 691 g/mol. The Morgan fingerprint density at radius 1 is 0.510 bits per heavy atom. The van der Waals surface area contributed by atoms with Crippen molar-refractivity contribution in [3.63, 3.8) is 0 Å². The Hall–Kier alpha value is -1.92. The smallest absolute Gasteiger partial charge is 0.305 e. The minimum absolute atomic E-state index is 0.163. The Morgan fingerprint density at radius 3 is 1.43 bits per heavy atom. The number of unbranched alkanes of at least 4 members (excludes halogenated alkanes) is 22. The Bertz CT molecular complexity index is 804. The lowest BCUT2D eigenvalue weighted by atomic mass is 10.0. The fraction of sp³-hybridized carbons (Fsp3) is 0.814. The van der Waals surface area contributed by atoms with Crippen molar-refractivity contribution in [3.8, 4) is 0 Å². The number of rotatable bonds is 37. The molecule has 0 fully saturated rings. The molecule has 0 saturated carbocycles. The van der Waals surface area contributed by atoms with Crippen molar-refractivity contribution in [2.45, 2.75) is 212 Å². The number of esters is 2. The third kappa shape index (κ3) is 38.7. The van der Waals surface area contributed by atoms with Crippen LogP contribution in [0.5, 0.6) is 0 Å². The largest absolute Gasteiger partial charge is 0.463 e. The van der Waals surface area contributed by atoms with Gasteiger partial charge in [0.1, 0.15) is 19.3 Å². The standard InChI is InChI=1S/C43H78O6/c1-3-5-7-9-11-13-15-17-18-19-20-22-24-26-28-30-32-36-42(46)48-38-41(45)39-49-43(47)37-33-35-40(44)34-31-29-27-25-23-21-16-14-12-10-8-6-4-2/h21,23,27,29,31,34,40-41,44-45H,3-20,22,24-26,28,30,32-33,35-39H2,1-2H3/b23-21+,29-27+,34-31+/t40?,41-/m0/s1. The zero-order valence-corrected chi connectivity index (χ0v) is 32.1. The molecule has 286 valence electrons. The van der Waals surface area contributed by atoms with Gasteiger partial charge in [0.05, 0.1) is 6.10 Å². The van der Waals surface area contributed by atoms with Gasteiger partial charge in [-0.2, -0.15) is 0 Å². The number of aliphatic hydroxyl groups is 2. The lowest BCUT2D eigenvalue weighted by molar-refractivity contribution is -0.152. The van der Waals surface area contributed by atoms with Crippen molar-refractivity contribution in [1.29, 1.82) is 0 Å². The van der Waals surface area contributed by atoms with Crippen LogP contribution in [0.2, 0.25) is 0 Å². The van der Waals surface area contributed by atoms with Crippen molar-refractivity contribution in [2.24, 2.45) is 0 Å². The summed E-state index contributed by atoms with van der Waals surface area (Å²) in [6, 6.07) is 0. The maximum Gasteiger partial charge on any atom is 0.305 e. The summed E-state index contributed by atoms with van der Waals surface area (Å²) >= 11 is 0. The number of hydrogen-bond acceptors (Lipinski definition) is 6. The lowest BCUT2D eigenvalue weighted by Gasteiger charge is -2.12. The molecule has 0 spiro atoms. The minimum Gasteiger partial charge on any atom is -0.463 e. The molecule has 6 heteroatoms. The third-order valence-corrected chi connectivity index (χ3v) is 8.98. The van der Waals surface area contributed by atoms with Crippen molar-refractivity contribution < 1.29 is 29.3 Å². The van der Waals surface area contributed by atoms with Gasteiger partial charge in [-0.15, -0.1) is 0 Å². The van der Waals surface area contributed by atoms with Gasteiger partial charge in [0.2, 0.25) is 0 Å². The first kappa shape index (κ1) is 47.1. The fourth-order valence-electron chi connectivity index (χ4n) is 5.80. The highest BCUT2D eigenvalue weighted by Gasteiger charge is 2.12. The molecule has 0 aliphatic heterocycles. The van der Waals surface area contributed by atoms with E-state index in [1.807, 2.05) is 12.2 Å². The summed E-state index contributed by atoms with van der Waals surface area (Å²) in [5.74, 6) is -0.749. The van der Waals surface area contributed by atoms with Gasteiger partial charge in [0, 0.05) is 12.8 Å². The van der Waals surface area contributed by atoms with Crippen molar-refractivity contribution in [2.75, 3.05) is 13.2 Å². The molecule has 0 rings (SSSR count). The number of carbonyl (C=O) groups excluding carboxylic acids is 2. The Morgan fingerprint density at radius 2 is 0.939 bits per heavy atom. The molecule has 0 aliphatic rings. The second-order valence-corrected chi connectivity index (χ2v) is 14.0. The van der Waals surface area contributed by atoms with Crippen LogP contribution < -0.4 is 0 Å². The van der Waals surface area contributed by atoms with Crippen LogP contribution >= 0.6 is 0 Å². The van der Waals surface area contributed by atoms with Gasteiger partial charge in [0.25, 0.3) is 0 Å². The Kier molecular flexibility index (Phi) is 37.4. The molecule has 2 N–H and O–H groups in total. The summed E-state index contributed by atoms with van der Waals surface area (Å²) in [6.07, 6.45) is 43.8. The second-order valence-electron chi connectivity index (χ2n) is 14.0. The van der Waals surface area contributed by atoms with E-state index in [-0.39, 0.29) is 25.6 Å². The molecule has 0 amide bonds. The van der Waals surface area contributed by atoms with E-state index in [1.165, 1.54) is 128 Å². The first-order valence-electron chi connectivity index (χ1n) is 20.6. The molecule has 0 aromatic rings. The summed E-state index contributed by atoms with van der Waals surface area (Å²) in [6.45, 7) is 4.14. The first-order chi connectivity index (χ1) is 24.0. The summed E-state index contributed by atoms with van der Waals surface area (Å²) < 4.78 is 10.2. The number of hydrogen-bond donors (Lipinski definition) is 2. The molecule has 0 aromatic carbocycles. The van der Waals surface area contributed by atoms with Gasteiger partial charge >= 0.3 is 11.9 Å². The van der Waals surface area contributed by atoms with E-state index in [0.717, 1.165) is 32.1 Å². The van der Waals surface area contributed by atoms with Crippen LogP contribution in [0.15, 0.2) is 36.5 Å². The molecular formula is C43H78O6. The average Bonchev–Trinajstić information content (AvgIpc) is 3.09. The highest BCUT2D eigenvalue weighted by Crippen LogP contribution is 2.15. The molecule has 0 aromatic heterocycles. The predicted octanol–water partition coefficient (Wildman–Crippen LogP) is 11.8. The Balaban J connectivity index is 3.58. The zero-order chi connectivity index (χ0) is 35.9. The van der Waals surface area contributed by atoms with Crippen LogP contribution in [-0.4, -0.2) is 47.6 Å². The zero-order valence-electron chi connectivity index (χ0n) is 32.1. The third-order valence-electron chi connectivity index (χ3n) is 8.98. The Labute approximate surface area is 302 Å². The summed E-state index contributed by atoms with van der Waals surface area (Å²) in [7, 11) is 0. The first-order valence-corrected chi connectivity index (χ1v) is 20.6. The predicted molar refractivity (Wildman–Crippen MR) is 207 cm³/mol. The molecule has 49 heavy (non-hydrogen) atoms. The molecular weight excluding hydrogens is 612 g/mol. The van der Waals surface area contributed by atoms with Crippen molar-refractivity contribution in [1.82, 2.24) is 0 Å². The molecule has 0 bridgehead atoms. The molecule has 6 nitrogen and oxygen atoms in total. The number of aliphatic hydroxyl groups excluding tert-OH is 2. The van der Waals surface area contributed by atoms with Gasteiger partial charge in [-0.1, -0.05) is 185 Å². The van der Waals surface area contributed by atoms with Crippen LogP contribution in [0.4, 0.5) is 0 Å². The van der Waals surface area contributed by atoms with E-state index >= 15 is 0 Å². The maximum atomic E-state index is 12.0. The van der Waals surface area contributed by atoms with Gasteiger partial charge in [-0.3, -0.25) is 9.59 Å². The molecule has 0 saturated heterocycles. The lowest BCUT2D eigenvalue weighted by Crippen LogP contribution is -2.25. The van der Waals surface area contributed by atoms with Crippen molar-refractivity contribution in [3.05, 3.63) is 36.5 Å². The number of allylic oxidation sites excluding steroid dienone is 5. The van der Waals surface area contributed by atoms with Crippen LogP contribution in [0.1, 0.15) is 200 Å². The van der Waals surface area contributed by atoms with E-state index in [9.17, 15) is 19.8 Å². The minimum atomic E-state index is -1.03. The van der Waals surface area contributed by atoms with E-state index in [4.69, 9.17) is 9.47 Å². The fourth-order valence-corrected chi connectivity index (χ4v) is 5.80. The summed E-state index contributed by atoms with van der Waals surface area (Å²) in [5.41, 5.74) is 0. The van der Waals surface area contributed by atoms with E-state index in [0.29, 0.717) is 19.3 Å². The van der Waals surface area contributed by atoms with Crippen LogP contribution in [0.3, 0.4) is 0 Å². The van der Waals surface area contributed by atoms with Crippen LogP contribution in [0.25, 0.3) is 0 Å². The second kappa shape index (κ2) is 38.9. The summed E-state index contributed by atoms with van der Waals surface area (Å²) in [4.78, 5) is 24.0. The molecule has 0 aliphatic carbocycles. The summed E-state index contributed by atoms with van der Waals surface area (Å²) in [5, 5.41) is 20.1. The quantitative estimate of drug-likeness (QED) is 0.0292. The normalized spacial score (nSPS) is 13.1. The monoisotopic (exact) mass is 691 g/mol. The molecule has 1 unspecified atom stereocenters. The van der Waals surface area contributed by atoms with Crippen LogP contribution in [0, 0.1) is 0 Å². The van der Waals surface area contributed by atoms with Gasteiger partial charge in [-0.05, 0) is 38.5 Å². The van der Waals surface area contributed by atoms with Gasteiger partial charge in [0.15, 0.2) is 0 Å². The molecule has 0 heterocycles.